The van der Waals surface area contributed by atoms with Gasteiger partial charge in [-0.25, -0.2) is 0 Å². The lowest BCUT2D eigenvalue weighted by atomic mass is 9.70. The van der Waals surface area contributed by atoms with Gasteiger partial charge in [-0.3, -0.25) is 0 Å². The largest absolute Gasteiger partial charge is 0.497 e. The maximum absolute atomic E-state index is 5.41. The molecule has 0 spiro atoms. The highest BCUT2D eigenvalue weighted by Gasteiger charge is 2.33. The summed E-state index contributed by atoms with van der Waals surface area (Å²) in [7, 11) is 3.45. The second-order valence-electron chi connectivity index (χ2n) is 6.96. The Morgan fingerprint density at radius 3 is 2.58 bits per heavy atom. The molecule has 1 aliphatic rings. The van der Waals surface area contributed by atoms with Crippen LogP contribution in [0.2, 0.25) is 0 Å². The van der Waals surface area contributed by atoms with Crippen LogP contribution in [0.3, 0.4) is 0 Å². The molecule has 0 fully saturated rings. The Bertz CT molecular complexity index is 896. The van der Waals surface area contributed by atoms with Crippen LogP contribution in [0, 0.1) is 0 Å². The van der Waals surface area contributed by atoms with Crippen molar-refractivity contribution in [2.45, 2.75) is 31.6 Å². The minimum absolute atomic E-state index is 0.131. The van der Waals surface area contributed by atoms with Crippen LogP contribution >= 0.6 is 0 Å². The molecular weight excluding hydrogens is 298 g/mol. The molecule has 2 aromatic carbocycles. The SMILES string of the molecule is COc1cccc(C2(C)CCc3c([nH]c4ccc(OC)cc34)C2)c1. The summed E-state index contributed by atoms with van der Waals surface area (Å²) in [5.74, 6) is 1.85. The Kier molecular flexibility index (Phi) is 3.52. The standard InChI is InChI=1S/C21H23NO2/c1-21(14-5-4-6-15(11-14)23-2)10-9-17-18-12-16(24-3)7-8-19(18)22-20(17)13-21/h4-8,11-12,22H,9-10,13H2,1-3H3. The van der Waals surface area contributed by atoms with E-state index in [1.54, 1.807) is 14.2 Å². The Hall–Kier alpha value is -2.42. The summed E-state index contributed by atoms with van der Waals surface area (Å²) < 4.78 is 10.8. The second-order valence-corrected chi connectivity index (χ2v) is 6.96. The molecule has 0 amide bonds. The summed E-state index contributed by atoms with van der Waals surface area (Å²) in [6.45, 7) is 2.36. The average Bonchev–Trinajstić information content (AvgIpc) is 2.97. The van der Waals surface area contributed by atoms with Crippen molar-refractivity contribution in [3.63, 3.8) is 0 Å². The number of benzene rings is 2. The summed E-state index contributed by atoms with van der Waals surface area (Å²) >= 11 is 0. The molecule has 0 saturated heterocycles. The summed E-state index contributed by atoms with van der Waals surface area (Å²) in [5.41, 5.74) is 5.49. The molecule has 0 bridgehead atoms. The first-order valence-corrected chi connectivity index (χ1v) is 8.45. The Balaban J connectivity index is 1.75. The van der Waals surface area contributed by atoms with Crippen LogP contribution in [0.15, 0.2) is 42.5 Å². The van der Waals surface area contributed by atoms with Gasteiger partial charge in [0.05, 0.1) is 14.2 Å². The number of aromatic amines is 1. The minimum atomic E-state index is 0.131. The number of aromatic nitrogens is 1. The zero-order valence-corrected chi connectivity index (χ0v) is 14.5. The van der Waals surface area contributed by atoms with Gasteiger partial charge in [-0.15, -0.1) is 0 Å². The third-order valence-corrected chi connectivity index (χ3v) is 5.46. The first kappa shape index (κ1) is 15.1. The molecule has 1 unspecified atom stereocenters. The number of rotatable bonds is 3. The molecule has 0 aliphatic heterocycles. The van der Waals surface area contributed by atoms with Crippen LogP contribution < -0.4 is 9.47 Å². The third-order valence-electron chi connectivity index (χ3n) is 5.46. The van der Waals surface area contributed by atoms with Crippen molar-refractivity contribution < 1.29 is 9.47 Å². The lowest BCUT2D eigenvalue weighted by Crippen LogP contribution is -2.30. The van der Waals surface area contributed by atoms with Crippen LogP contribution in [-0.2, 0) is 18.3 Å². The number of ether oxygens (including phenoxy) is 2. The fraction of sp³-hybridized carbons (Fsp3) is 0.333. The topological polar surface area (TPSA) is 34.2 Å². The normalized spacial score (nSPS) is 20.0. The zero-order valence-electron chi connectivity index (χ0n) is 14.5. The maximum atomic E-state index is 5.41. The van der Waals surface area contributed by atoms with E-state index in [4.69, 9.17) is 9.47 Å². The van der Waals surface area contributed by atoms with Gasteiger partial charge in [0.1, 0.15) is 11.5 Å². The number of aryl methyl sites for hydroxylation is 1. The lowest BCUT2D eigenvalue weighted by Gasteiger charge is -2.34. The van der Waals surface area contributed by atoms with Gasteiger partial charge in [0, 0.05) is 16.6 Å². The number of hydrogen-bond donors (Lipinski definition) is 1. The van der Waals surface area contributed by atoms with Crippen molar-refractivity contribution in [3.05, 3.63) is 59.3 Å². The van der Waals surface area contributed by atoms with Crippen molar-refractivity contribution in [1.82, 2.24) is 4.98 Å². The van der Waals surface area contributed by atoms with Gasteiger partial charge in [0.15, 0.2) is 0 Å². The number of H-pyrrole nitrogens is 1. The number of hydrogen-bond acceptors (Lipinski definition) is 2. The molecule has 1 atom stereocenters. The van der Waals surface area contributed by atoms with Gasteiger partial charge in [-0.2, -0.15) is 0 Å². The van der Waals surface area contributed by atoms with Gasteiger partial charge < -0.3 is 14.5 Å². The zero-order chi connectivity index (χ0) is 16.7. The predicted molar refractivity (Wildman–Crippen MR) is 97.2 cm³/mol. The Labute approximate surface area is 142 Å². The van der Waals surface area contributed by atoms with E-state index in [1.165, 1.54) is 27.7 Å². The first-order valence-electron chi connectivity index (χ1n) is 8.45. The number of methoxy groups -OCH3 is 2. The molecule has 1 N–H and O–H groups in total. The monoisotopic (exact) mass is 321 g/mol. The van der Waals surface area contributed by atoms with Gasteiger partial charge in [0.2, 0.25) is 0 Å². The quantitative estimate of drug-likeness (QED) is 0.763. The molecule has 3 nitrogen and oxygen atoms in total. The fourth-order valence-corrected chi connectivity index (χ4v) is 3.97. The molecule has 124 valence electrons. The highest BCUT2D eigenvalue weighted by atomic mass is 16.5. The molecule has 1 aromatic heterocycles. The van der Waals surface area contributed by atoms with Crippen molar-refractivity contribution >= 4 is 10.9 Å². The van der Waals surface area contributed by atoms with Crippen LogP contribution in [0.5, 0.6) is 11.5 Å². The summed E-state index contributed by atoms with van der Waals surface area (Å²) in [6, 6.07) is 14.8. The van der Waals surface area contributed by atoms with Gasteiger partial charge >= 0.3 is 0 Å². The maximum Gasteiger partial charge on any atom is 0.119 e. The van der Waals surface area contributed by atoms with Crippen LogP contribution in [0.25, 0.3) is 10.9 Å². The third kappa shape index (κ3) is 2.35. The van der Waals surface area contributed by atoms with E-state index in [1.807, 2.05) is 12.1 Å². The molecule has 1 aliphatic carbocycles. The molecule has 0 saturated carbocycles. The van der Waals surface area contributed by atoms with Crippen molar-refractivity contribution in [1.29, 1.82) is 0 Å². The van der Waals surface area contributed by atoms with Crippen LogP contribution in [0.1, 0.15) is 30.2 Å². The predicted octanol–water partition coefficient (Wildman–Crippen LogP) is 4.63. The van der Waals surface area contributed by atoms with E-state index in [2.05, 4.69) is 42.2 Å². The van der Waals surface area contributed by atoms with Crippen LogP contribution in [-0.4, -0.2) is 19.2 Å². The van der Waals surface area contributed by atoms with E-state index >= 15 is 0 Å². The Morgan fingerprint density at radius 2 is 1.79 bits per heavy atom. The lowest BCUT2D eigenvalue weighted by molar-refractivity contribution is 0.393. The van der Waals surface area contributed by atoms with Gasteiger partial charge in [0.25, 0.3) is 0 Å². The van der Waals surface area contributed by atoms with Gasteiger partial charge in [-0.1, -0.05) is 19.1 Å². The van der Waals surface area contributed by atoms with Crippen molar-refractivity contribution in [3.8, 4) is 11.5 Å². The van der Waals surface area contributed by atoms with E-state index in [-0.39, 0.29) is 5.41 Å². The summed E-state index contributed by atoms with van der Waals surface area (Å²) in [6.07, 6.45) is 3.24. The first-order chi connectivity index (χ1) is 11.6. The molecule has 24 heavy (non-hydrogen) atoms. The minimum Gasteiger partial charge on any atom is -0.497 e. The van der Waals surface area contributed by atoms with E-state index in [0.717, 1.165) is 30.8 Å². The number of nitrogens with one attached hydrogen (secondary N) is 1. The van der Waals surface area contributed by atoms with E-state index in [9.17, 15) is 0 Å². The fourth-order valence-electron chi connectivity index (χ4n) is 3.97. The number of fused-ring (bicyclic) bond motifs is 3. The van der Waals surface area contributed by atoms with Crippen molar-refractivity contribution in [2.24, 2.45) is 0 Å². The smallest absolute Gasteiger partial charge is 0.119 e. The highest BCUT2D eigenvalue weighted by Crippen LogP contribution is 2.41. The molecule has 3 aromatic rings. The van der Waals surface area contributed by atoms with E-state index < -0.39 is 0 Å². The van der Waals surface area contributed by atoms with Crippen LogP contribution in [0.4, 0.5) is 0 Å². The molecule has 4 rings (SSSR count). The van der Waals surface area contributed by atoms with E-state index in [0.29, 0.717) is 0 Å². The molecule has 3 heteroatoms. The highest BCUT2D eigenvalue weighted by molar-refractivity contribution is 5.86. The molecule has 1 heterocycles. The second kappa shape index (κ2) is 5.59. The summed E-state index contributed by atoms with van der Waals surface area (Å²) in [5, 5.41) is 1.30. The average molecular weight is 321 g/mol. The molecule has 0 radical (unpaired) electrons. The van der Waals surface area contributed by atoms with Crippen molar-refractivity contribution in [2.75, 3.05) is 14.2 Å². The molecular formula is C21H23NO2. The van der Waals surface area contributed by atoms with Gasteiger partial charge in [-0.05, 0) is 66.1 Å². The Morgan fingerprint density at radius 1 is 1.00 bits per heavy atom. The summed E-state index contributed by atoms with van der Waals surface area (Å²) in [4.78, 5) is 3.63.